The molecule has 4 rings (SSSR count). The smallest absolute Gasteiger partial charge is 0.254 e. The number of terminal acetylenes is 1. The summed E-state index contributed by atoms with van der Waals surface area (Å²) >= 11 is 6.17. The van der Waals surface area contributed by atoms with Gasteiger partial charge < -0.3 is 9.64 Å². The molecule has 0 atom stereocenters. The first kappa shape index (κ1) is 20.3. The number of nitriles is 1. The third-order valence-corrected chi connectivity index (χ3v) is 6.80. The van der Waals surface area contributed by atoms with Gasteiger partial charge >= 0.3 is 0 Å². The molecular weight excluding hydrogens is 396 g/mol. The van der Waals surface area contributed by atoms with Gasteiger partial charge in [0, 0.05) is 40.6 Å². The molecule has 0 unspecified atom stereocenters. The summed E-state index contributed by atoms with van der Waals surface area (Å²) in [6.07, 6.45) is 5.40. The van der Waals surface area contributed by atoms with Crippen LogP contribution in [-0.4, -0.2) is 23.0 Å². The summed E-state index contributed by atoms with van der Waals surface area (Å²) < 4.78 is 6.34. The van der Waals surface area contributed by atoms with Crippen LogP contribution in [-0.2, 0) is 6.54 Å². The van der Waals surface area contributed by atoms with E-state index in [0.29, 0.717) is 22.9 Å². The molecule has 1 aliphatic carbocycles. The lowest BCUT2D eigenvalue weighted by Crippen LogP contribution is -2.74. The van der Waals surface area contributed by atoms with Gasteiger partial charge in [-0.15, -0.1) is 6.42 Å². The van der Waals surface area contributed by atoms with Crippen molar-refractivity contribution in [2.24, 2.45) is 10.8 Å². The summed E-state index contributed by atoms with van der Waals surface area (Å²) in [6.45, 7) is 9.06. The van der Waals surface area contributed by atoms with Crippen LogP contribution in [0.1, 0.15) is 54.7 Å². The van der Waals surface area contributed by atoms with Crippen LogP contribution >= 0.6 is 11.6 Å². The van der Waals surface area contributed by atoms with E-state index in [9.17, 15) is 4.79 Å². The molecule has 2 aromatic rings. The molecule has 0 saturated heterocycles. The maximum Gasteiger partial charge on any atom is 0.254 e. The number of hydrogen-bond acceptors (Lipinski definition) is 3. The van der Waals surface area contributed by atoms with Crippen molar-refractivity contribution in [2.45, 2.75) is 46.4 Å². The number of amides is 1. The second-order valence-electron chi connectivity index (χ2n) is 9.25. The second kappa shape index (κ2) is 6.79. The number of fused-ring (bicyclic) bond motifs is 1. The number of hydrogen-bond donors (Lipinski definition) is 0. The van der Waals surface area contributed by atoms with E-state index in [2.05, 4.69) is 39.7 Å². The van der Waals surface area contributed by atoms with E-state index in [1.807, 2.05) is 23.1 Å². The molecule has 0 bridgehead atoms. The largest absolute Gasteiger partial charge is 0.489 e. The van der Waals surface area contributed by atoms with Gasteiger partial charge in [0.15, 0.2) is 0 Å². The van der Waals surface area contributed by atoms with Crippen molar-refractivity contribution in [2.75, 3.05) is 0 Å². The van der Waals surface area contributed by atoms with Crippen molar-refractivity contribution in [3.8, 4) is 24.2 Å². The number of ether oxygens (including phenoxy) is 1. The Morgan fingerprint density at radius 3 is 2.47 bits per heavy atom. The number of nitrogens with zero attached hydrogens (tertiary/aromatic N) is 2. The van der Waals surface area contributed by atoms with Crippen LogP contribution in [0.5, 0.6) is 5.75 Å². The van der Waals surface area contributed by atoms with Gasteiger partial charge in [0.25, 0.3) is 5.91 Å². The molecule has 4 nitrogen and oxygen atoms in total. The van der Waals surface area contributed by atoms with Crippen LogP contribution in [0.15, 0.2) is 36.4 Å². The highest BCUT2D eigenvalue weighted by Crippen LogP contribution is 2.59. The van der Waals surface area contributed by atoms with E-state index in [1.165, 1.54) is 0 Å². The van der Waals surface area contributed by atoms with Gasteiger partial charge in [-0.2, -0.15) is 5.26 Å². The van der Waals surface area contributed by atoms with Crippen molar-refractivity contribution in [3.63, 3.8) is 0 Å². The van der Waals surface area contributed by atoms with Crippen LogP contribution in [0.2, 0.25) is 5.02 Å². The van der Waals surface area contributed by atoms with Crippen molar-refractivity contribution in [1.29, 1.82) is 5.26 Å². The molecule has 5 heteroatoms. The minimum atomic E-state index is -0.281. The summed E-state index contributed by atoms with van der Waals surface area (Å²) in [4.78, 5) is 15.1. The quantitative estimate of drug-likeness (QED) is 0.657. The molecule has 152 valence electrons. The molecule has 1 aliphatic heterocycles. The Bertz CT molecular complexity index is 1120. The summed E-state index contributed by atoms with van der Waals surface area (Å²) in [5, 5.41) is 9.45. The molecule has 0 N–H and O–H groups in total. The molecule has 1 fully saturated rings. The molecular formula is C25H23ClN2O2. The summed E-state index contributed by atoms with van der Waals surface area (Å²) in [6, 6.07) is 12.7. The second-order valence-corrected chi connectivity index (χ2v) is 9.65. The highest BCUT2D eigenvalue weighted by molar-refractivity contribution is 6.31. The zero-order valence-corrected chi connectivity index (χ0v) is 18.2. The monoisotopic (exact) mass is 418 g/mol. The molecule has 1 saturated carbocycles. The first-order valence-electron chi connectivity index (χ1n) is 9.88. The number of rotatable bonds is 3. The Kier molecular flexibility index (Phi) is 4.60. The Labute approximate surface area is 182 Å². The van der Waals surface area contributed by atoms with Crippen molar-refractivity contribution in [3.05, 3.63) is 63.7 Å². The predicted octanol–water partition coefficient (Wildman–Crippen LogP) is 5.03. The summed E-state index contributed by atoms with van der Waals surface area (Å²) in [7, 11) is 0. The average Bonchev–Trinajstić information content (AvgIpc) is 3.00. The van der Waals surface area contributed by atoms with Gasteiger partial charge in [0.2, 0.25) is 0 Å². The van der Waals surface area contributed by atoms with E-state index in [1.54, 1.807) is 18.2 Å². The highest BCUT2D eigenvalue weighted by Gasteiger charge is 2.66. The molecule has 1 amide bonds. The number of carbonyl (C=O) groups is 1. The lowest BCUT2D eigenvalue weighted by atomic mass is 9.49. The van der Waals surface area contributed by atoms with Crippen LogP contribution in [0, 0.1) is 34.5 Å². The van der Waals surface area contributed by atoms with E-state index >= 15 is 0 Å². The Morgan fingerprint density at radius 1 is 1.17 bits per heavy atom. The van der Waals surface area contributed by atoms with Crippen molar-refractivity contribution < 1.29 is 9.53 Å². The maximum absolute atomic E-state index is 13.2. The lowest BCUT2D eigenvalue weighted by molar-refractivity contribution is -0.199. The van der Waals surface area contributed by atoms with E-state index in [4.69, 9.17) is 28.0 Å². The first-order valence-corrected chi connectivity index (χ1v) is 10.3. The van der Waals surface area contributed by atoms with Gasteiger partial charge in [-0.3, -0.25) is 4.79 Å². The van der Waals surface area contributed by atoms with Gasteiger partial charge in [-0.25, -0.2) is 0 Å². The zero-order chi connectivity index (χ0) is 21.8. The number of benzene rings is 2. The fraction of sp³-hybridized carbons (Fsp3) is 0.360. The van der Waals surface area contributed by atoms with Crippen molar-refractivity contribution >= 4 is 17.5 Å². The molecule has 0 radical (unpaired) electrons. The van der Waals surface area contributed by atoms with Crippen LogP contribution < -0.4 is 4.74 Å². The SMILES string of the molecule is C#Cc1ccc2c(c1)CN(C1C(C)(C)C(Oc3ccc(C#N)c(Cl)c3)C1(C)C)C2=O. The summed E-state index contributed by atoms with van der Waals surface area (Å²) in [5.74, 6) is 3.31. The minimum absolute atomic E-state index is 0.00182. The van der Waals surface area contributed by atoms with Gasteiger partial charge in [-0.1, -0.05) is 45.2 Å². The minimum Gasteiger partial charge on any atom is -0.489 e. The number of halogens is 1. The average molecular weight is 419 g/mol. The van der Waals surface area contributed by atoms with Crippen LogP contribution in [0.25, 0.3) is 0 Å². The third kappa shape index (κ3) is 2.87. The predicted molar refractivity (Wildman–Crippen MR) is 116 cm³/mol. The number of carbonyl (C=O) groups excluding carboxylic acids is 1. The lowest BCUT2D eigenvalue weighted by Gasteiger charge is -2.65. The van der Waals surface area contributed by atoms with Gasteiger partial charge in [0.05, 0.1) is 10.6 Å². The molecule has 30 heavy (non-hydrogen) atoms. The van der Waals surface area contributed by atoms with E-state index in [0.717, 1.165) is 16.7 Å². The van der Waals surface area contributed by atoms with Crippen LogP contribution in [0.4, 0.5) is 0 Å². The normalized spacial score (nSPS) is 23.2. The van der Waals surface area contributed by atoms with Gasteiger partial charge in [0.1, 0.15) is 17.9 Å². The Morgan fingerprint density at radius 2 is 1.87 bits per heavy atom. The standard InChI is InChI=1S/C25H23ClN2O2/c1-6-15-7-10-19-17(11-15)14-28(21(19)29)22-24(2,3)23(25(22,4)5)30-18-9-8-16(13-27)20(26)12-18/h1,7-12,22-23H,14H2,2-5H3. The summed E-state index contributed by atoms with van der Waals surface area (Å²) in [5.41, 5.74) is 2.34. The Hall–Kier alpha value is -2.95. The molecule has 1 heterocycles. The third-order valence-electron chi connectivity index (χ3n) is 6.49. The highest BCUT2D eigenvalue weighted by atomic mass is 35.5. The van der Waals surface area contributed by atoms with Crippen molar-refractivity contribution in [1.82, 2.24) is 4.90 Å². The first-order chi connectivity index (χ1) is 14.1. The molecule has 2 aliphatic rings. The molecule has 2 aromatic carbocycles. The fourth-order valence-electron chi connectivity index (χ4n) is 5.65. The molecule has 0 spiro atoms. The van der Waals surface area contributed by atoms with Gasteiger partial charge in [-0.05, 0) is 35.9 Å². The van der Waals surface area contributed by atoms with E-state index in [-0.39, 0.29) is 28.9 Å². The Balaban J connectivity index is 1.60. The van der Waals surface area contributed by atoms with Crippen LogP contribution in [0.3, 0.4) is 0 Å². The fourth-order valence-corrected chi connectivity index (χ4v) is 5.87. The molecule has 0 aromatic heterocycles. The zero-order valence-electron chi connectivity index (χ0n) is 17.5. The van der Waals surface area contributed by atoms with E-state index < -0.39 is 0 Å². The maximum atomic E-state index is 13.2. The topological polar surface area (TPSA) is 53.3 Å².